The van der Waals surface area contributed by atoms with Gasteiger partial charge in [-0.15, -0.1) is 0 Å². The predicted octanol–water partition coefficient (Wildman–Crippen LogP) is 0.408. The zero-order valence-electron chi connectivity index (χ0n) is 12.4. The first-order valence-electron chi connectivity index (χ1n) is 7.24. The Bertz CT molecular complexity index is 419. The lowest BCUT2D eigenvalue weighted by Crippen LogP contribution is -2.41. The standard InChI is InChI=1S/C14H24N4O2/c1-11-13(12(2)17-16-11)3-4-14(19)15-5-6-18-7-9-20-10-8-18/h3-10H2,1-2H3,(H,15,19)(H,16,17). The fourth-order valence-corrected chi connectivity index (χ4v) is 2.45. The van der Waals surface area contributed by atoms with Crippen LogP contribution in [0, 0.1) is 13.8 Å². The molecule has 20 heavy (non-hydrogen) atoms. The van der Waals surface area contributed by atoms with Crippen molar-refractivity contribution < 1.29 is 9.53 Å². The monoisotopic (exact) mass is 280 g/mol. The van der Waals surface area contributed by atoms with Gasteiger partial charge in [0.15, 0.2) is 0 Å². The van der Waals surface area contributed by atoms with Gasteiger partial charge in [-0.2, -0.15) is 5.10 Å². The third-order valence-corrected chi connectivity index (χ3v) is 3.74. The van der Waals surface area contributed by atoms with E-state index in [2.05, 4.69) is 20.4 Å². The number of rotatable bonds is 6. The van der Waals surface area contributed by atoms with Crippen molar-refractivity contribution in [3.63, 3.8) is 0 Å². The van der Waals surface area contributed by atoms with E-state index < -0.39 is 0 Å². The first kappa shape index (κ1) is 15.0. The molecule has 0 atom stereocenters. The molecule has 1 aliphatic rings. The van der Waals surface area contributed by atoms with Gasteiger partial charge in [0.2, 0.25) is 5.91 Å². The summed E-state index contributed by atoms with van der Waals surface area (Å²) in [6, 6.07) is 0. The molecular formula is C14H24N4O2. The van der Waals surface area contributed by atoms with Crippen molar-refractivity contribution in [3.05, 3.63) is 17.0 Å². The SMILES string of the molecule is Cc1n[nH]c(C)c1CCC(=O)NCCN1CCOCC1. The first-order valence-corrected chi connectivity index (χ1v) is 7.24. The zero-order chi connectivity index (χ0) is 14.4. The molecule has 0 radical (unpaired) electrons. The van der Waals surface area contributed by atoms with Gasteiger partial charge in [0.05, 0.1) is 18.9 Å². The van der Waals surface area contributed by atoms with Crippen LogP contribution < -0.4 is 5.32 Å². The van der Waals surface area contributed by atoms with E-state index >= 15 is 0 Å². The molecule has 1 aromatic heterocycles. The maximum atomic E-state index is 11.8. The number of morpholine rings is 1. The molecular weight excluding hydrogens is 256 g/mol. The number of aromatic nitrogens is 2. The average molecular weight is 280 g/mol. The summed E-state index contributed by atoms with van der Waals surface area (Å²) in [7, 11) is 0. The minimum atomic E-state index is 0.109. The maximum Gasteiger partial charge on any atom is 0.220 e. The highest BCUT2D eigenvalue weighted by Crippen LogP contribution is 2.11. The van der Waals surface area contributed by atoms with Crippen LogP contribution in [-0.4, -0.2) is 60.4 Å². The molecule has 2 N–H and O–H groups in total. The highest BCUT2D eigenvalue weighted by atomic mass is 16.5. The van der Waals surface area contributed by atoms with E-state index in [1.807, 2.05) is 13.8 Å². The van der Waals surface area contributed by atoms with Crippen LogP contribution in [-0.2, 0) is 16.0 Å². The third kappa shape index (κ3) is 4.31. The van der Waals surface area contributed by atoms with Crippen molar-refractivity contribution in [1.29, 1.82) is 0 Å². The molecule has 1 saturated heterocycles. The zero-order valence-corrected chi connectivity index (χ0v) is 12.4. The number of amides is 1. The summed E-state index contributed by atoms with van der Waals surface area (Å²) in [5.74, 6) is 0.109. The molecule has 0 saturated carbocycles. The van der Waals surface area contributed by atoms with Gasteiger partial charge in [-0.25, -0.2) is 0 Å². The Kier molecular flexibility index (Phi) is 5.55. The molecule has 1 fully saturated rings. The van der Waals surface area contributed by atoms with Crippen LogP contribution in [0.25, 0.3) is 0 Å². The highest BCUT2D eigenvalue weighted by Gasteiger charge is 2.11. The van der Waals surface area contributed by atoms with Crippen LogP contribution in [0.1, 0.15) is 23.4 Å². The Morgan fingerprint density at radius 2 is 2.15 bits per heavy atom. The minimum Gasteiger partial charge on any atom is -0.379 e. The molecule has 1 aromatic rings. The van der Waals surface area contributed by atoms with Crippen LogP contribution in [0.2, 0.25) is 0 Å². The lowest BCUT2D eigenvalue weighted by molar-refractivity contribution is -0.121. The van der Waals surface area contributed by atoms with E-state index in [1.54, 1.807) is 0 Å². The lowest BCUT2D eigenvalue weighted by Gasteiger charge is -2.26. The van der Waals surface area contributed by atoms with E-state index in [0.29, 0.717) is 13.0 Å². The number of aryl methyl sites for hydroxylation is 2. The van der Waals surface area contributed by atoms with Crippen LogP contribution in [0.3, 0.4) is 0 Å². The second-order valence-electron chi connectivity index (χ2n) is 5.22. The average Bonchev–Trinajstić information content (AvgIpc) is 2.77. The van der Waals surface area contributed by atoms with Gasteiger partial charge in [0, 0.05) is 38.3 Å². The number of carbonyl (C=O) groups is 1. The quantitative estimate of drug-likeness (QED) is 0.792. The summed E-state index contributed by atoms with van der Waals surface area (Å²) in [5.41, 5.74) is 3.21. The van der Waals surface area contributed by atoms with Gasteiger partial charge in [-0.3, -0.25) is 14.8 Å². The Labute approximate surface area is 119 Å². The summed E-state index contributed by atoms with van der Waals surface area (Å²) < 4.78 is 5.29. The number of H-pyrrole nitrogens is 1. The number of aromatic amines is 1. The fourth-order valence-electron chi connectivity index (χ4n) is 2.45. The Morgan fingerprint density at radius 1 is 1.40 bits per heavy atom. The molecule has 112 valence electrons. The number of hydrogen-bond donors (Lipinski definition) is 2. The Morgan fingerprint density at radius 3 is 2.80 bits per heavy atom. The number of nitrogens with one attached hydrogen (secondary N) is 2. The Balaban J connectivity index is 1.63. The van der Waals surface area contributed by atoms with Crippen molar-refractivity contribution >= 4 is 5.91 Å². The van der Waals surface area contributed by atoms with E-state index in [9.17, 15) is 4.79 Å². The van der Waals surface area contributed by atoms with Gasteiger partial charge in [-0.1, -0.05) is 0 Å². The number of carbonyl (C=O) groups excluding carboxylic acids is 1. The number of ether oxygens (including phenoxy) is 1. The van der Waals surface area contributed by atoms with Gasteiger partial charge in [0.1, 0.15) is 0 Å². The van der Waals surface area contributed by atoms with Crippen LogP contribution >= 0.6 is 0 Å². The van der Waals surface area contributed by atoms with Crippen LogP contribution in [0.5, 0.6) is 0 Å². The van der Waals surface area contributed by atoms with E-state index in [-0.39, 0.29) is 5.91 Å². The maximum absolute atomic E-state index is 11.8. The lowest BCUT2D eigenvalue weighted by atomic mass is 10.1. The van der Waals surface area contributed by atoms with Crippen molar-refractivity contribution in [2.45, 2.75) is 26.7 Å². The molecule has 0 unspecified atom stereocenters. The molecule has 2 heterocycles. The van der Waals surface area contributed by atoms with Gasteiger partial charge >= 0.3 is 0 Å². The Hall–Kier alpha value is -1.40. The molecule has 0 spiro atoms. The topological polar surface area (TPSA) is 70.2 Å². The van der Waals surface area contributed by atoms with Crippen molar-refractivity contribution in [3.8, 4) is 0 Å². The van der Waals surface area contributed by atoms with Crippen molar-refractivity contribution in [2.24, 2.45) is 0 Å². The fraction of sp³-hybridized carbons (Fsp3) is 0.714. The minimum absolute atomic E-state index is 0.109. The highest BCUT2D eigenvalue weighted by molar-refractivity contribution is 5.76. The smallest absolute Gasteiger partial charge is 0.220 e. The van der Waals surface area contributed by atoms with E-state index in [1.165, 1.54) is 0 Å². The normalized spacial score (nSPS) is 16.3. The summed E-state index contributed by atoms with van der Waals surface area (Å²) in [6.45, 7) is 9.09. The summed E-state index contributed by atoms with van der Waals surface area (Å²) in [6.07, 6.45) is 1.27. The van der Waals surface area contributed by atoms with Crippen molar-refractivity contribution in [2.75, 3.05) is 39.4 Å². The number of nitrogens with zero attached hydrogens (tertiary/aromatic N) is 2. The van der Waals surface area contributed by atoms with Crippen LogP contribution in [0.4, 0.5) is 0 Å². The van der Waals surface area contributed by atoms with Crippen molar-refractivity contribution in [1.82, 2.24) is 20.4 Å². The third-order valence-electron chi connectivity index (χ3n) is 3.74. The van der Waals surface area contributed by atoms with Gasteiger partial charge < -0.3 is 10.1 Å². The van der Waals surface area contributed by atoms with Gasteiger partial charge in [0.25, 0.3) is 0 Å². The molecule has 1 amide bonds. The molecule has 6 heteroatoms. The first-order chi connectivity index (χ1) is 9.66. The second-order valence-corrected chi connectivity index (χ2v) is 5.22. The van der Waals surface area contributed by atoms with E-state index in [0.717, 1.165) is 56.2 Å². The van der Waals surface area contributed by atoms with Gasteiger partial charge in [-0.05, 0) is 25.8 Å². The molecule has 0 aliphatic carbocycles. The molecule has 2 rings (SSSR count). The number of hydrogen-bond acceptors (Lipinski definition) is 4. The molecule has 1 aliphatic heterocycles. The predicted molar refractivity (Wildman–Crippen MR) is 76.7 cm³/mol. The molecule has 6 nitrogen and oxygen atoms in total. The largest absolute Gasteiger partial charge is 0.379 e. The summed E-state index contributed by atoms with van der Waals surface area (Å²) in [5, 5.41) is 10.1. The second kappa shape index (κ2) is 7.40. The summed E-state index contributed by atoms with van der Waals surface area (Å²) >= 11 is 0. The summed E-state index contributed by atoms with van der Waals surface area (Å²) in [4.78, 5) is 14.1. The van der Waals surface area contributed by atoms with Crippen LogP contribution in [0.15, 0.2) is 0 Å². The molecule has 0 bridgehead atoms. The van der Waals surface area contributed by atoms with E-state index in [4.69, 9.17) is 4.74 Å². The molecule has 0 aromatic carbocycles.